The molecule has 1 aliphatic heterocycles. The van der Waals surface area contributed by atoms with E-state index in [1.807, 2.05) is 18.2 Å². The van der Waals surface area contributed by atoms with Gasteiger partial charge in [0.2, 0.25) is 0 Å². The van der Waals surface area contributed by atoms with Crippen LogP contribution in [0.4, 0.5) is 0 Å². The molecule has 0 aromatic heterocycles. The van der Waals surface area contributed by atoms with Crippen molar-refractivity contribution in [1.82, 2.24) is 5.32 Å². The third-order valence-corrected chi connectivity index (χ3v) is 2.76. The molecule has 3 heteroatoms. The molecule has 0 amide bonds. The molecule has 74 valence electrons. The monoisotopic (exact) mass is 253 g/mol. The third-order valence-electron chi connectivity index (χ3n) is 2.27. The van der Waals surface area contributed by atoms with Gasteiger partial charge < -0.3 is 10.1 Å². The molecule has 1 unspecified atom stereocenters. The van der Waals surface area contributed by atoms with Crippen LogP contribution in [-0.2, 0) is 0 Å². The number of halogens is 1. The number of rotatable bonds is 3. The van der Waals surface area contributed by atoms with Crippen LogP contribution in [0, 0.1) is 0 Å². The SMILES string of the molecule is C=CCNC1COc2cc(Br)ccc21. The summed E-state index contributed by atoms with van der Waals surface area (Å²) in [5, 5.41) is 3.35. The van der Waals surface area contributed by atoms with E-state index in [2.05, 4.69) is 33.9 Å². The van der Waals surface area contributed by atoms with Crippen LogP contribution in [0.1, 0.15) is 11.6 Å². The van der Waals surface area contributed by atoms with Crippen LogP contribution in [0.3, 0.4) is 0 Å². The maximum atomic E-state index is 5.56. The summed E-state index contributed by atoms with van der Waals surface area (Å²) in [6, 6.07) is 6.44. The largest absolute Gasteiger partial charge is 0.491 e. The van der Waals surface area contributed by atoms with Gasteiger partial charge >= 0.3 is 0 Å². The van der Waals surface area contributed by atoms with Crippen molar-refractivity contribution in [3.63, 3.8) is 0 Å². The Balaban J connectivity index is 2.18. The second-order valence-electron chi connectivity index (χ2n) is 3.24. The molecule has 0 spiro atoms. The van der Waals surface area contributed by atoms with Crippen LogP contribution in [0.15, 0.2) is 35.3 Å². The summed E-state index contributed by atoms with van der Waals surface area (Å²) in [5.41, 5.74) is 1.23. The van der Waals surface area contributed by atoms with E-state index in [1.54, 1.807) is 0 Å². The van der Waals surface area contributed by atoms with Crippen molar-refractivity contribution < 1.29 is 4.74 Å². The quantitative estimate of drug-likeness (QED) is 0.837. The molecule has 0 saturated carbocycles. The minimum atomic E-state index is 0.302. The van der Waals surface area contributed by atoms with Gasteiger partial charge in [-0.25, -0.2) is 0 Å². The van der Waals surface area contributed by atoms with Gasteiger partial charge in [0.15, 0.2) is 0 Å². The van der Waals surface area contributed by atoms with Crippen molar-refractivity contribution >= 4 is 15.9 Å². The first-order valence-electron chi connectivity index (χ1n) is 4.58. The zero-order valence-electron chi connectivity index (χ0n) is 7.79. The highest BCUT2D eigenvalue weighted by atomic mass is 79.9. The zero-order valence-corrected chi connectivity index (χ0v) is 9.38. The van der Waals surface area contributed by atoms with Crippen molar-refractivity contribution in [2.45, 2.75) is 6.04 Å². The third kappa shape index (κ3) is 1.83. The Kier molecular flexibility index (Phi) is 2.89. The second kappa shape index (κ2) is 4.15. The molecule has 1 aromatic rings. The Morgan fingerprint density at radius 3 is 3.29 bits per heavy atom. The van der Waals surface area contributed by atoms with E-state index in [9.17, 15) is 0 Å². The van der Waals surface area contributed by atoms with Gasteiger partial charge in [0.1, 0.15) is 12.4 Å². The minimum Gasteiger partial charge on any atom is -0.491 e. The number of benzene rings is 1. The van der Waals surface area contributed by atoms with Gasteiger partial charge in [-0.1, -0.05) is 28.1 Å². The van der Waals surface area contributed by atoms with Gasteiger partial charge in [-0.05, 0) is 12.1 Å². The van der Waals surface area contributed by atoms with Crippen molar-refractivity contribution in [3.8, 4) is 5.75 Å². The van der Waals surface area contributed by atoms with E-state index in [1.165, 1.54) is 5.56 Å². The van der Waals surface area contributed by atoms with Crippen molar-refractivity contribution in [1.29, 1.82) is 0 Å². The molecule has 1 atom stereocenters. The van der Waals surface area contributed by atoms with Crippen LogP contribution in [0.2, 0.25) is 0 Å². The summed E-state index contributed by atoms with van der Waals surface area (Å²) in [5.74, 6) is 0.973. The van der Waals surface area contributed by atoms with Crippen molar-refractivity contribution in [2.24, 2.45) is 0 Å². The van der Waals surface area contributed by atoms with Gasteiger partial charge in [-0.15, -0.1) is 6.58 Å². The van der Waals surface area contributed by atoms with Crippen molar-refractivity contribution in [2.75, 3.05) is 13.2 Å². The van der Waals surface area contributed by atoms with E-state index < -0.39 is 0 Å². The van der Waals surface area contributed by atoms with Crippen LogP contribution >= 0.6 is 15.9 Å². The summed E-state index contributed by atoms with van der Waals surface area (Å²) in [6.45, 7) is 5.20. The highest BCUT2D eigenvalue weighted by molar-refractivity contribution is 9.10. The molecule has 0 fully saturated rings. The normalized spacial score (nSPS) is 18.8. The molecule has 1 N–H and O–H groups in total. The molecule has 1 aromatic carbocycles. The Hall–Kier alpha value is -0.800. The van der Waals surface area contributed by atoms with Gasteiger partial charge in [0.25, 0.3) is 0 Å². The molecule has 0 bridgehead atoms. The van der Waals surface area contributed by atoms with Crippen LogP contribution in [0.25, 0.3) is 0 Å². The van der Waals surface area contributed by atoms with Gasteiger partial charge in [-0.3, -0.25) is 0 Å². The number of fused-ring (bicyclic) bond motifs is 1. The summed E-state index contributed by atoms with van der Waals surface area (Å²) < 4.78 is 6.62. The maximum absolute atomic E-state index is 5.56. The summed E-state index contributed by atoms with van der Waals surface area (Å²) >= 11 is 3.42. The van der Waals surface area contributed by atoms with Gasteiger partial charge in [-0.2, -0.15) is 0 Å². The van der Waals surface area contributed by atoms with E-state index in [0.717, 1.165) is 16.8 Å². The molecule has 1 heterocycles. The van der Waals surface area contributed by atoms with E-state index >= 15 is 0 Å². The Bertz CT molecular complexity index is 351. The molecular weight excluding hydrogens is 242 g/mol. The van der Waals surface area contributed by atoms with Crippen LogP contribution in [-0.4, -0.2) is 13.2 Å². The first-order chi connectivity index (χ1) is 6.81. The number of hydrogen-bond acceptors (Lipinski definition) is 2. The molecular formula is C11H12BrNO. The average molecular weight is 254 g/mol. The maximum Gasteiger partial charge on any atom is 0.125 e. The Labute approximate surface area is 92.1 Å². The fraction of sp³-hybridized carbons (Fsp3) is 0.273. The molecule has 0 saturated heterocycles. The summed E-state index contributed by atoms with van der Waals surface area (Å²) in [7, 11) is 0. The molecule has 14 heavy (non-hydrogen) atoms. The lowest BCUT2D eigenvalue weighted by Gasteiger charge is -2.08. The van der Waals surface area contributed by atoms with E-state index in [-0.39, 0.29) is 0 Å². The lowest BCUT2D eigenvalue weighted by Crippen LogP contribution is -2.22. The smallest absolute Gasteiger partial charge is 0.125 e. The predicted molar refractivity (Wildman–Crippen MR) is 60.6 cm³/mol. The standard InChI is InChI=1S/C11H12BrNO/c1-2-5-13-10-7-14-11-6-8(12)3-4-9(10)11/h2-4,6,10,13H,1,5,7H2. The predicted octanol–water partition coefficient (Wildman–Crippen LogP) is 2.66. The van der Waals surface area contributed by atoms with E-state index in [0.29, 0.717) is 12.6 Å². The minimum absolute atomic E-state index is 0.302. The topological polar surface area (TPSA) is 21.3 Å². The van der Waals surface area contributed by atoms with Crippen LogP contribution < -0.4 is 10.1 Å². The van der Waals surface area contributed by atoms with Crippen LogP contribution in [0.5, 0.6) is 5.75 Å². The fourth-order valence-corrected chi connectivity index (χ4v) is 1.92. The molecule has 2 rings (SSSR count). The number of ether oxygens (including phenoxy) is 1. The lowest BCUT2D eigenvalue weighted by atomic mass is 10.1. The Morgan fingerprint density at radius 2 is 2.50 bits per heavy atom. The first-order valence-corrected chi connectivity index (χ1v) is 5.37. The fourth-order valence-electron chi connectivity index (χ4n) is 1.58. The molecule has 0 radical (unpaired) electrons. The molecule has 0 aliphatic carbocycles. The van der Waals surface area contributed by atoms with Crippen molar-refractivity contribution in [3.05, 3.63) is 40.9 Å². The summed E-state index contributed by atoms with van der Waals surface area (Å²) in [6.07, 6.45) is 1.86. The van der Waals surface area contributed by atoms with Gasteiger partial charge in [0.05, 0.1) is 6.04 Å². The summed E-state index contributed by atoms with van der Waals surface area (Å²) in [4.78, 5) is 0. The highest BCUT2D eigenvalue weighted by Crippen LogP contribution is 2.34. The second-order valence-corrected chi connectivity index (χ2v) is 4.16. The number of hydrogen-bond donors (Lipinski definition) is 1. The Morgan fingerprint density at radius 1 is 1.64 bits per heavy atom. The average Bonchev–Trinajstić information content (AvgIpc) is 2.57. The highest BCUT2D eigenvalue weighted by Gasteiger charge is 2.22. The molecule has 2 nitrogen and oxygen atoms in total. The van der Waals surface area contributed by atoms with E-state index in [4.69, 9.17) is 4.74 Å². The lowest BCUT2D eigenvalue weighted by molar-refractivity contribution is 0.315. The molecule has 1 aliphatic rings. The zero-order chi connectivity index (χ0) is 9.97. The van der Waals surface area contributed by atoms with Gasteiger partial charge in [0, 0.05) is 16.6 Å². The first kappa shape index (κ1) is 9.74. The number of nitrogens with one attached hydrogen (secondary N) is 1.